The summed E-state index contributed by atoms with van der Waals surface area (Å²) in [4.78, 5) is 2.32. The molecule has 0 radical (unpaired) electrons. The van der Waals surface area contributed by atoms with Crippen LogP contribution in [0.25, 0.3) is 5.69 Å². The second kappa shape index (κ2) is 6.40. The molecule has 0 unspecified atom stereocenters. The first kappa shape index (κ1) is 16.1. The molecule has 0 amide bonds. The van der Waals surface area contributed by atoms with Gasteiger partial charge in [-0.2, -0.15) is 4.68 Å². The Labute approximate surface area is 138 Å². The number of hydrogen-bond acceptors (Lipinski definition) is 4. The Morgan fingerprint density at radius 3 is 2.57 bits per heavy atom. The van der Waals surface area contributed by atoms with Gasteiger partial charge in [0.1, 0.15) is 0 Å². The molecule has 0 saturated heterocycles. The van der Waals surface area contributed by atoms with Crippen LogP contribution >= 0.6 is 0 Å². The van der Waals surface area contributed by atoms with Crippen LogP contribution in [0.3, 0.4) is 0 Å². The second-order valence-corrected chi connectivity index (χ2v) is 6.84. The van der Waals surface area contributed by atoms with Gasteiger partial charge in [-0.15, -0.1) is 5.10 Å². The van der Waals surface area contributed by atoms with Crippen molar-refractivity contribution in [2.75, 3.05) is 14.1 Å². The van der Waals surface area contributed by atoms with Crippen molar-refractivity contribution >= 4 is 0 Å². The minimum absolute atomic E-state index is 0.0605. The van der Waals surface area contributed by atoms with E-state index in [4.69, 9.17) is 0 Å². The van der Waals surface area contributed by atoms with Crippen LogP contribution in [0.15, 0.2) is 18.2 Å². The topological polar surface area (TPSA) is 46.8 Å². The van der Waals surface area contributed by atoms with E-state index in [0.29, 0.717) is 0 Å². The van der Waals surface area contributed by atoms with Crippen LogP contribution in [0.5, 0.6) is 0 Å². The number of nitrogens with zero attached hydrogens (tertiary/aromatic N) is 5. The van der Waals surface area contributed by atoms with Gasteiger partial charge in [0.05, 0.1) is 11.2 Å². The summed E-state index contributed by atoms with van der Waals surface area (Å²) in [5, 5.41) is 12.9. The number of benzene rings is 1. The summed E-state index contributed by atoms with van der Waals surface area (Å²) >= 11 is 0. The molecule has 5 nitrogen and oxygen atoms in total. The van der Waals surface area contributed by atoms with Crippen LogP contribution in [0, 0.1) is 6.92 Å². The summed E-state index contributed by atoms with van der Waals surface area (Å²) in [7, 11) is 4.31. The van der Waals surface area contributed by atoms with E-state index in [1.165, 1.54) is 30.4 Å². The molecule has 23 heavy (non-hydrogen) atoms. The number of aryl methyl sites for hydroxylation is 2. The molecule has 1 aliphatic rings. The number of rotatable bonds is 4. The summed E-state index contributed by atoms with van der Waals surface area (Å²) in [6.45, 7) is 4.33. The van der Waals surface area contributed by atoms with Gasteiger partial charge in [-0.25, -0.2) is 0 Å². The fourth-order valence-electron chi connectivity index (χ4n) is 3.94. The Morgan fingerprint density at radius 2 is 1.91 bits per heavy atom. The minimum Gasteiger partial charge on any atom is -0.297 e. The third kappa shape index (κ3) is 2.67. The first-order chi connectivity index (χ1) is 11.1. The van der Waals surface area contributed by atoms with Gasteiger partial charge in [-0.1, -0.05) is 44.4 Å². The third-order valence-electron chi connectivity index (χ3n) is 5.34. The molecule has 0 bridgehead atoms. The second-order valence-electron chi connectivity index (χ2n) is 6.84. The highest BCUT2D eigenvalue weighted by Crippen LogP contribution is 2.40. The molecule has 3 rings (SSSR count). The fraction of sp³-hybridized carbons (Fsp3) is 0.611. The maximum atomic E-state index is 4.49. The van der Waals surface area contributed by atoms with Crippen LogP contribution < -0.4 is 0 Å². The number of aromatic nitrogens is 4. The standard InChI is InChI=1S/C18H27N5/c1-5-15-11-9-10-14(2)16(15)23-17(19-20-21-23)18(22(3)4)12-7-6-8-13-18/h9-11H,5-8,12-13H2,1-4H3. The van der Waals surface area contributed by atoms with Gasteiger partial charge in [-0.3, -0.25) is 4.90 Å². The van der Waals surface area contributed by atoms with Gasteiger partial charge in [0.15, 0.2) is 5.82 Å². The van der Waals surface area contributed by atoms with Crippen molar-refractivity contribution < 1.29 is 0 Å². The molecular weight excluding hydrogens is 286 g/mol. The first-order valence-corrected chi connectivity index (χ1v) is 8.65. The van der Waals surface area contributed by atoms with Crippen molar-refractivity contribution in [3.63, 3.8) is 0 Å². The van der Waals surface area contributed by atoms with Crippen molar-refractivity contribution in [3.8, 4) is 5.69 Å². The molecule has 0 N–H and O–H groups in total. The van der Waals surface area contributed by atoms with Crippen molar-refractivity contribution in [1.82, 2.24) is 25.1 Å². The smallest absolute Gasteiger partial charge is 0.176 e. The van der Waals surface area contributed by atoms with Gasteiger partial charge in [0, 0.05) is 0 Å². The molecule has 1 saturated carbocycles. The zero-order chi connectivity index (χ0) is 16.4. The molecule has 0 spiro atoms. The largest absolute Gasteiger partial charge is 0.297 e. The SMILES string of the molecule is CCc1cccc(C)c1-n1nnnc1C1(N(C)C)CCCCC1. The van der Waals surface area contributed by atoms with E-state index >= 15 is 0 Å². The lowest BCUT2D eigenvalue weighted by atomic mass is 9.80. The Hall–Kier alpha value is -1.75. The van der Waals surface area contributed by atoms with E-state index in [1.54, 1.807) is 0 Å². The van der Waals surface area contributed by atoms with Crippen LogP contribution in [0.4, 0.5) is 0 Å². The average Bonchev–Trinajstić information content (AvgIpc) is 3.04. The summed E-state index contributed by atoms with van der Waals surface area (Å²) in [5.74, 6) is 0.992. The Bertz CT molecular complexity index is 668. The van der Waals surface area contributed by atoms with E-state index in [9.17, 15) is 0 Å². The Morgan fingerprint density at radius 1 is 1.17 bits per heavy atom. The maximum Gasteiger partial charge on any atom is 0.176 e. The highest BCUT2D eigenvalue weighted by atomic mass is 15.6. The normalized spacial score (nSPS) is 17.6. The predicted molar refractivity (Wildman–Crippen MR) is 91.7 cm³/mol. The van der Waals surface area contributed by atoms with Gasteiger partial charge in [0.2, 0.25) is 0 Å². The molecule has 1 aromatic carbocycles. The van der Waals surface area contributed by atoms with Crippen molar-refractivity contribution in [1.29, 1.82) is 0 Å². The zero-order valence-electron chi connectivity index (χ0n) is 14.7. The Balaban J connectivity index is 2.17. The maximum absolute atomic E-state index is 4.49. The lowest BCUT2D eigenvalue weighted by Crippen LogP contribution is -2.45. The number of hydrogen-bond donors (Lipinski definition) is 0. The van der Waals surface area contributed by atoms with Gasteiger partial charge in [0.25, 0.3) is 0 Å². The quantitative estimate of drug-likeness (QED) is 0.869. The third-order valence-corrected chi connectivity index (χ3v) is 5.34. The Kier molecular flexibility index (Phi) is 4.48. The molecule has 0 atom stereocenters. The summed E-state index contributed by atoms with van der Waals surface area (Å²) in [5.41, 5.74) is 3.61. The first-order valence-electron chi connectivity index (χ1n) is 8.65. The van der Waals surface area contributed by atoms with Crippen LogP contribution in [0.1, 0.15) is 56.0 Å². The van der Waals surface area contributed by atoms with Crippen molar-refractivity contribution in [3.05, 3.63) is 35.2 Å². The molecule has 0 aliphatic heterocycles. The predicted octanol–water partition coefficient (Wildman–Crippen LogP) is 3.25. The average molecular weight is 313 g/mol. The highest BCUT2D eigenvalue weighted by molar-refractivity contribution is 5.47. The molecule has 1 fully saturated rings. The highest BCUT2D eigenvalue weighted by Gasteiger charge is 2.41. The van der Waals surface area contributed by atoms with E-state index in [1.807, 2.05) is 4.68 Å². The van der Waals surface area contributed by atoms with Gasteiger partial charge >= 0.3 is 0 Å². The monoisotopic (exact) mass is 313 g/mol. The van der Waals surface area contributed by atoms with Crippen LogP contribution in [-0.2, 0) is 12.0 Å². The summed E-state index contributed by atoms with van der Waals surface area (Å²) in [6.07, 6.45) is 6.99. The lowest BCUT2D eigenvalue weighted by molar-refractivity contribution is 0.0864. The molecular formula is C18H27N5. The molecule has 1 heterocycles. The van der Waals surface area contributed by atoms with Crippen LogP contribution in [-0.4, -0.2) is 39.2 Å². The molecule has 2 aromatic rings. The zero-order valence-corrected chi connectivity index (χ0v) is 14.7. The lowest BCUT2D eigenvalue weighted by Gasteiger charge is -2.41. The number of tetrazole rings is 1. The van der Waals surface area contributed by atoms with E-state index in [-0.39, 0.29) is 5.54 Å². The molecule has 124 valence electrons. The van der Waals surface area contributed by atoms with E-state index in [0.717, 1.165) is 30.8 Å². The molecule has 1 aliphatic carbocycles. The van der Waals surface area contributed by atoms with Crippen molar-refractivity contribution in [2.24, 2.45) is 0 Å². The van der Waals surface area contributed by atoms with E-state index in [2.05, 4.69) is 66.6 Å². The molecule has 5 heteroatoms. The molecule has 1 aromatic heterocycles. The van der Waals surface area contributed by atoms with E-state index < -0.39 is 0 Å². The fourth-order valence-corrected chi connectivity index (χ4v) is 3.94. The minimum atomic E-state index is -0.0605. The van der Waals surface area contributed by atoms with Gasteiger partial charge < -0.3 is 0 Å². The van der Waals surface area contributed by atoms with Gasteiger partial charge in [-0.05, 0) is 61.8 Å². The summed E-state index contributed by atoms with van der Waals surface area (Å²) < 4.78 is 2.00. The van der Waals surface area contributed by atoms with Crippen LogP contribution in [0.2, 0.25) is 0 Å². The summed E-state index contributed by atoms with van der Waals surface area (Å²) in [6, 6.07) is 6.43. The van der Waals surface area contributed by atoms with Crippen molar-refractivity contribution in [2.45, 2.75) is 57.9 Å². The number of para-hydroxylation sites is 1.